The predicted molar refractivity (Wildman–Crippen MR) is 77.5 cm³/mol. The molecule has 0 radical (unpaired) electrons. The first-order chi connectivity index (χ1) is 8.13. The topological polar surface area (TPSA) is 49.5 Å². The van der Waals surface area contributed by atoms with E-state index in [-0.39, 0.29) is 6.61 Å². The number of nitrogens with two attached hydrogens (primary N) is 1. The van der Waals surface area contributed by atoms with E-state index in [1.807, 2.05) is 18.2 Å². The summed E-state index contributed by atoms with van der Waals surface area (Å²) >= 11 is 8.54. The van der Waals surface area contributed by atoms with Crippen molar-refractivity contribution in [2.45, 2.75) is 18.9 Å². The fourth-order valence-corrected chi connectivity index (χ4v) is 2.47. The van der Waals surface area contributed by atoms with Crippen LogP contribution in [0.3, 0.4) is 0 Å². The molecule has 1 saturated carbocycles. The molecule has 1 fully saturated rings. The minimum Gasteiger partial charge on any atom is -0.395 e. The van der Waals surface area contributed by atoms with Crippen LogP contribution in [-0.4, -0.2) is 29.3 Å². The minimum absolute atomic E-state index is 0.139. The molecule has 0 aromatic heterocycles. The van der Waals surface area contributed by atoms with Gasteiger partial charge < -0.3 is 15.7 Å². The second-order valence-electron chi connectivity index (χ2n) is 4.17. The minimum atomic E-state index is 0.139. The summed E-state index contributed by atoms with van der Waals surface area (Å²) in [5.74, 6) is 0. The van der Waals surface area contributed by atoms with Crippen molar-refractivity contribution < 1.29 is 5.11 Å². The number of aliphatic hydroxyl groups is 1. The number of thiocarbonyl (C=S) groups is 1. The number of anilines is 1. The molecule has 0 amide bonds. The van der Waals surface area contributed by atoms with Crippen LogP contribution in [0, 0.1) is 0 Å². The lowest BCUT2D eigenvalue weighted by Crippen LogP contribution is -2.31. The van der Waals surface area contributed by atoms with Crippen LogP contribution in [0.5, 0.6) is 0 Å². The Bertz CT molecular complexity index is 435. The molecule has 1 aromatic carbocycles. The second kappa shape index (κ2) is 5.33. The Hall–Kier alpha value is -0.650. The van der Waals surface area contributed by atoms with E-state index < -0.39 is 0 Å². The van der Waals surface area contributed by atoms with Gasteiger partial charge >= 0.3 is 0 Å². The van der Waals surface area contributed by atoms with E-state index in [1.54, 1.807) is 0 Å². The highest BCUT2D eigenvalue weighted by atomic mass is 79.9. The average Bonchev–Trinajstić information content (AvgIpc) is 3.09. The summed E-state index contributed by atoms with van der Waals surface area (Å²) in [6.45, 7) is 0.760. The SMILES string of the molecule is NC(=S)c1ccc(Br)cc1N(CCO)C1CC1. The lowest BCUT2D eigenvalue weighted by Gasteiger charge is -2.26. The Morgan fingerprint density at radius 3 is 2.76 bits per heavy atom. The van der Waals surface area contributed by atoms with Gasteiger partial charge in [-0.2, -0.15) is 0 Å². The van der Waals surface area contributed by atoms with Gasteiger partial charge in [0.2, 0.25) is 0 Å². The van der Waals surface area contributed by atoms with E-state index in [9.17, 15) is 0 Å². The van der Waals surface area contributed by atoms with E-state index in [2.05, 4.69) is 20.8 Å². The maximum atomic E-state index is 9.16. The third-order valence-corrected chi connectivity index (χ3v) is 3.58. The van der Waals surface area contributed by atoms with Crippen molar-refractivity contribution >= 4 is 38.8 Å². The number of benzene rings is 1. The summed E-state index contributed by atoms with van der Waals surface area (Å²) in [6.07, 6.45) is 2.34. The lowest BCUT2D eigenvalue weighted by atomic mass is 10.1. The molecular formula is C12H15BrN2OS. The molecule has 3 N–H and O–H groups in total. The van der Waals surface area contributed by atoms with Gasteiger partial charge in [0, 0.05) is 28.3 Å². The Labute approximate surface area is 115 Å². The normalized spacial score (nSPS) is 14.7. The Morgan fingerprint density at radius 2 is 2.24 bits per heavy atom. The highest BCUT2D eigenvalue weighted by Gasteiger charge is 2.30. The first-order valence-electron chi connectivity index (χ1n) is 5.60. The van der Waals surface area contributed by atoms with Crippen molar-refractivity contribution in [3.05, 3.63) is 28.2 Å². The summed E-state index contributed by atoms with van der Waals surface area (Å²) in [6, 6.07) is 6.39. The number of nitrogens with zero attached hydrogens (tertiary/aromatic N) is 1. The molecular weight excluding hydrogens is 300 g/mol. The van der Waals surface area contributed by atoms with Crippen LogP contribution in [0.15, 0.2) is 22.7 Å². The molecule has 5 heteroatoms. The van der Waals surface area contributed by atoms with Gasteiger partial charge in [0.05, 0.1) is 6.61 Å². The second-order valence-corrected chi connectivity index (χ2v) is 5.53. The summed E-state index contributed by atoms with van der Waals surface area (Å²) in [4.78, 5) is 2.59. The first kappa shape index (κ1) is 12.8. The van der Waals surface area contributed by atoms with Gasteiger partial charge in [-0.25, -0.2) is 0 Å². The molecule has 17 heavy (non-hydrogen) atoms. The zero-order valence-corrected chi connectivity index (χ0v) is 11.8. The number of hydrogen-bond donors (Lipinski definition) is 2. The van der Waals surface area contributed by atoms with E-state index >= 15 is 0 Å². The number of hydrogen-bond acceptors (Lipinski definition) is 3. The summed E-state index contributed by atoms with van der Waals surface area (Å²) in [7, 11) is 0. The van der Waals surface area contributed by atoms with Gasteiger partial charge in [-0.1, -0.05) is 28.1 Å². The molecule has 0 aliphatic heterocycles. The van der Waals surface area contributed by atoms with Crippen LogP contribution >= 0.6 is 28.1 Å². The smallest absolute Gasteiger partial charge is 0.106 e. The van der Waals surface area contributed by atoms with Gasteiger partial charge in [-0.05, 0) is 31.0 Å². The molecule has 3 nitrogen and oxygen atoms in total. The Morgan fingerprint density at radius 1 is 1.53 bits per heavy atom. The molecule has 0 unspecified atom stereocenters. The molecule has 92 valence electrons. The molecule has 0 bridgehead atoms. The Kier molecular flexibility index (Phi) is 4.01. The number of aliphatic hydroxyl groups excluding tert-OH is 1. The van der Waals surface area contributed by atoms with Crippen molar-refractivity contribution in [2.24, 2.45) is 5.73 Å². The van der Waals surface area contributed by atoms with Gasteiger partial charge in [0.25, 0.3) is 0 Å². The molecule has 0 atom stereocenters. The van der Waals surface area contributed by atoms with Crippen LogP contribution in [0.4, 0.5) is 5.69 Å². The fraction of sp³-hybridized carbons (Fsp3) is 0.417. The van der Waals surface area contributed by atoms with Crippen LogP contribution in [0.25, 0.3) is 0 Å². The van der Waals surface area contributed by atoms with E-state index in [0.29, 0.717) is 17.6 Å². The first-order valence-corrected chi connectivity index (χ1v) is 6.80. The number of halogens is 1. The van der Waals surface area contributed by atoms with E-state index in [0.717, 1.165) is 15.7 Å². The largest absolute Gasteiger partial charge is 0.395 e. The summed E-state index contributed by atoms with van der Waals surface area (Å²) in [5.41, 5.74) is 7.64. The third kappa shape index (κ3) is 2.97. The van der Waals surface area contributed by atoms with Crippen LogP contribution < -0.4 is 10.6 Å². The van der Waals surface area contributed by atoms with E-state index in [4.69, 9.17) is 23.1 Å². The van der Waals surface area contributed by atoms with Crippen LogP contribution in [-0.2, 0) is 0 Å². The molecule has 0 saturated heterocycles. The number of rotatable bonds is 5. The van der Waals surface area contributed by atoms with Gasteiger partial charge in [0.15, 0.2) is 0 Å². The maximum absolute atomic E-state index is 9.16. The van der Waals surface area contributed by atoms with Gasteiger partial charge in [-0.15, -0.1) is 0 Å². The highest BCUT2D eigenvalue weighted by molar-refractivity contribution is 9.10. The van der Waals surface area contributed by atoms with Crippen LogP contribution in [0.1, 0.15) is 18.4 Å². The highest BCUT2D eigenvalue weighted by Crippen LogP contribution is 2.34. The molecule has 2 rings (SSSR count). The van der Waals surface area contributed by atoms with E-state index in [1.165, 1.54) is 12.8 Å². The molecule has 1 aliphatic rings. The van der Waals surface area contributed by atoms with Crippen molar-refractivity contribution in [1.29, 1.82) is 0 Å². The van der Waals surface area contributed by atoms with Crippen molar-refractivity contribution in [3.63, 3.8) is 0 Å². The van der Waals surface area contributed by atoms with Crippen molar-refractivity contribution in [2.75, 3.05) is 18.1 Å². The molecule has 0 spiro atoms. The standard InChI is InChI=1S/C12H15BrN2OS/c13-8-1-4-10(12(14)17)11(7-8)15(5-6-16)9-2-3-9/h1,4,7,9,16H,2-3,5-6H2,(H2,14,17). The van der Waals surface area contributed by atoms with Crippen molar-refractivity contribution in [3.8, 4) is 0 Å². The third-order valence-electron chi connectivity index (χ3n) is 2.86. The molecule has 0 heterocycles. The fourth-order valence-electron chi connectivity index (χ4n) is 1.94. The lowest BCUT2D eigenvalue weighted by molar-refractivity contribution is 0.301. The van der Waals surface area contributed by atoms with Crippen molar-refractivity contribution in [1.82, 2.24) is 0 Å². The quantitative estimate of drug-likeness (QED) is 0.817. The Balaban J connectivity index is 2.39. The summed E-state index contributed by atoms with van der Waals surface area (Å²) in [5, 5.41) is 9.16. The molecule has 1 aromatic rings. The van der Waals surface area contributed by atoms with Gasteiger partial charge in [-0.3, -0.25) is 0 Å². The zero-order chi connectivity index (χ0) is 12.4. The monoisotopic (exact) mass is 314 g/mol. The maximum Gasteiger partial charge on any atom is 0.106 e. The molecule has 1 aliphatic carbocycles. The average molecular weight is 315 g/mol. The van der Waals surface area contributed by atoms with Crippen LogP contribution in [0.2, 0.25) is 0 Å². The summed E-state index contributed by atoms with van der Waals surface area (Å²) < 4.78 is 0.996. The zero-order valence-electron chi connectivity index (χ0n) is 9.40. The predicted octanol–water partition coefficient (Wildman–Crippen LogP) is 2.04. The van der Waals surface area contributed by atoms with Gasteiger partial charge in [0.1, 0.15) is 4.99 Å².